The van der Waals surface area contributed by atoms with Crippen LogP contribution in [0.2, 0.25) is 0 Å². The molecule has 0 saturated heterocycles. The Balaban J connectivity index is 1.64. The number of carbonyl (C=O) groups is 1. The van der Waals surface area contributed by atoms with Gasteiger partial charge in [-0.1, -0.05) is 71.9 Å². The van der Waals surface area contributed by atoms with Gasteiger partial charge in [-0.05, 0) is 12.5 Å². The topological polar surface area (TPSA) is 45.8 Å². The van der Waals surface area contributed by atoms with E-state index in [-0.39, 0.29) is 5.78 Å². The molecule has 3 nitrogen and oxygen atoms in total. The molecular weight excluding hydrogens is 292 g/mol. The summed E-state index contributed by atoms with van der Waals surface area (Å²) in [5.74, 6) is 0.493. The van der Waals surface area contributed by atoms with Crippen molar-refractivity contribution in [3.8, 4) is 11.3 Å². The number of carbonyl (C=O) groups excluding carboxylic acids is 1. The summed E-state index contributed by atoms with van der Waals surface area (Å²) in [4.78, 5) is 19.7. The second kappa shape index (κ2) is 6.62. The molecule has 3 rings (SSSR count). The Kier molecular flexibility index (Phi) is 4.39. The SMILES string of the molecule is Cc1ccc(C(=O)CSc2ncc(-c3ccccc3)[nH]2)cc1. The van der Waals surface area contributed by atoms with E-state index in [0.29, 0.717) is 5.75 Å². The number of imidazole rings is 1. The van der Waals surface area contributed by atoms with E-state index < -0.39 is 0 Å². The van der Waals surface area contributed by atoms with Crippen molar-refractivity contribution in [3.63, 3.8) is 0 Å². The smallest absolute Gasteiger partial charge is 0.173 e. The summed E-state index contributed by atoms with van der Waals surface area (Å²) in [5.41, 5.74) is 3.95. The van der Waals surface area contributed by atoms with Gasteiger partial charge in [-0.3, -0.25) is 4.79 Å². The number of aryl methyl sites for hydroxylation is 1. The Morgan fingerprint density at radius 1 is 1.09 bits per heavy atom. The van der Waals surface area contributed by atoms with Crippen LogP contribution >= 0.6 is 11.8 Å². The van der Waals surface area contributed by atoms with Crippen molar-refractivity contribution in [2.75, 3.05) is 5.75 Å². The first-order valence-electron chi connectivity index (χ1n) is 7.05. The first kappa shape index (κ1) is 14.6. The quantitative estimate of drug-likeness (QED) is 0.562. The zero-order valence-corrected chi connectivity index (χ0v) is 13.1. The molecule has 1 aromatic heterocycles. The van der Waals surface area contributed by atoms with Crippen molar-refractivity contribution >= 4 is 17.5 Å². The predicted octanol–water partition coefficient (Wildman–Crippen LogP) is 4.36. The number of thioether (sulfide) groups is 1. The van der Waals surface area contributed by atoms with Gasteiger partial charge in [0, 0.05) is 5.56 Å². The molecule has 4 heteroatoms. The van der Waals surface area contributed by atoms with E-state index in [9.17, 15) is 4.79 Å². The number of hydrogen-bond acceptors (Lipinski definition) is 3. The fourth-order valence-electron chi connectivity index (χ4n) is 2.10. The van der Waals surface area contributed by atoms with Crippen LogP contribution in [0.3, 0.4) is 0 Å². The lowest BCUT2D eigenvalue weighted by molar-refractivity contribution is 0.102. The van der Waals surface area contributed by atoms with Crippen molar-refractivity contribution in [2.24, 2.45) is 0 Å². The summed E-state index contributed by atoms with van der Waals surface area (Å²) >= 11 is 1.43. The van der Waals surface area contributed by atoms with Gasteiger partial charge in [-0.25, -0.2) is 4.98 Å². The predicted molar refractivity (Wildman–Crippen MR) is 90.3 cm³/mol. The molecule has 22 heavy (non-hydrogen) atoms. The number of benzene rings is 2. The molecule has 0 bridgehead atoms. The summed E-state index contributed by atoms with van der Waals surface area (Å²) in [7, 11) is 0. The lowest BCUT2D eigenvalue weighted by Crippen LogP contribution is -2.02. The number of ketones is 1. The van der Waals surface area contributed by atoms with E-state index >= 15 is 0 Å². The highest BCUT2D eigenvalue weighted by Crippen LogP contribution is 2.21. The first-order valence-corrected chi connectivity index (χ1v) is 8.04. The number of aromatic nitrogens is 2. The first-order chi connectivity index (χ1) is 10.7. The van der Waals surface area contributed by atoms with Gasteiger partial charge in [-0.2, -0.15) is 0 Å². The second-order valence-corrected chi connectivity index (χ2v) is 6.01. The van der Waals surface area contributed by atoms with Crippen LogP contribution in [-0.4, -0.2) is 21.5 Å². The van der Waals surface area contributed by atoms with Crippen molar-refractivity contribution in [2.45, 2.75) is 12.1 Å². The number of Topliss-reactive ketones (excluding diaryl/α,β-unsaturated/α-hetero) is 1. The fourth-order valence-corrected chi connectivity index (χ4v) is 2.84. The third kappa shape index (κ3) is 3.46. The molecule has 0 spiro atoms. The molecule has 0 saturated carbocycles. The number of hydrogen-bond donors (Lipinski definition) is 1. The largest absolute Gasteiger partial charge is 0.333 e. The monoisotopic (exact) mass is 308 g/mol. The molecule has 0 atom stereocenters. The Bertz CT molecular complexity index is 763. The summed E-state index contributed by atoms with van der Waals surface area (Å²) < 4.78 is 0. The van der Waals surface area contributed by atoms with E-state index in [0.717, 1.165) is 27.5 Å². The minimum absolute atomic E-state index is 0.114. The van der Waals surface area contributed by atoms with E-state index in [1.54, 1.807) is 6.20 Å². The molecule has 0 aliphatic heterocycles. The molecule has 0 unspecified atom stereocenters. The normalized spacial score (nSPS) is 10.6. The van der Waals surface area contributed by atoms with Crippen LogP contribution in [0.25, 0.3) is 11.3 Å². The number of aromatic amines is 1. The zero-order valence-electron chi connectivity index (χ0n) is 12.2. The number of H-pyrrole nitrogens is 1. The number of nitrogens with one attached hydrogen (secondary N) is 1. The molecule has 0 radical (unpaired) electrons. The maximum Gasteiger partial charge on any atom is 0.173 e. The fraction of sp³-hybridized carbons (Fsp3) is 0.111. The van der Waals surface area contributed by atoms with Crippen molar-refractivity contribution < 1.29 is 4.79 Å². The Labute approximate surface area is 133 Å². The van der Waals surface area contributed by atoms with Crippen LogP contribution in [0, 0.1) is 6.92 Å². The molecule has 0 fully saturated rings. The second-order valence-electron chi connectivity index (χ2n) is 5.05. The van der Waals surface area contributed by atoms with Crippen molar-refractivity contribution in [1.82, 2.24) is 9.97 Å². The number of rotatable bonds is 5. The average Bonchev–Trinajstić information content (AvgIpc) is 3.03. The van der Waals surface area contributed by atoms with Crippen molar-refractivity contribution in [1.29, 1.82) is 0 Å². The van der Waals surface area contributed by atoms with E-state index in [1.165, 1.54) is 11.8 Å². The minimum atomic E-state index is 0.114. The van der Waals surface area contributed by atoms with Crippen LogP contribution in [0.5, 0.6) is 0 Å². The lowest BCUT2D eigenvalue weighted by atomic mass is 10.1. The van der Waals surface area contributed by atoms with Gasteiger partial charge in [0.15, 0.2) is 10.9 Å². The average molecular weight is 308 g/mol. The van der Waals surface area contributed by atoms with Gasteiger partial charge in [0.25, 0.3) is 0 Å². The van der Waals surface area contributed by atoms with Gasteiger partial charge in [-0.15, -0.1) is 0 Å². The minimum Gasteiger partial charge on any atom is -0.333 e. The summed E-state index contributed by atoms with van der Waals surface area (Å²) in [6.45, 7) is 2.01. The molecule has 110 valence electrons. The zero-order chi connectivity index (χ0) is 15.4. The molecule has 1 heterocycles. The van der Waals surface area contributed by atoms with Crippen molar-refractivity contribution in [3.05, 3.63) is 71.9 Å². The lowest BCUT2D eigenvalue weighted by Gasteiger charge is -2.00. The highest BCUT2D eigenvalue weighted by atomic mass is 32.2. The molecule has 2 aromatic carbocycles. The number of nitrogens with zero attached hydrogens (tertiary/aromatic N) is 1. The molecule has 1 N–H and O–H groups in total. The van der Waals surface area contributed by atoms with E-state index in [4.69, 9.17) is 0 Å². The van der Waals surface area contributed by atoms with E-state index in [1.807, 2.05) is 61.5 Å². The summed E-state index contributed by atoms with van der Waals surface area (Å²) in [5, 5.41) is 0.763. The molecule has 0 aliphatic rings. The van der Waals surface area contributed by atoms with Gasteiger partial charge in [0.05, 0.1) is 17.6 Å². The highest BCUT2D eigenvalue weighted by molar-refractivity contribution is 7.99. The third-order valence-electron chi connectivity index (χ3n) is 3.35. The highest BCUT2D eigenvalue weighted by Gasteiger charge is 2.09. The summed E-state index contributed by atoms with van der Waals surface area (Å²) in [6.07, 6.45) is 1.80. The van der Waals surface area contributed by atoms with Crippen LogP contribution in [0.15, 0.2) is 66.0 Å². The van der Waals surface area contributed by atoms with Crippen LogP contribution in [0.4, 0.5) is 0 Å². The Morgan fingerprint density at radius 2 is 1.82 bits per heavy atom. The van der Waals surface area contributed by atoms with E-state index in [2.05, 4.69) is 9.97 Å². The van der Waals surface area contributed by atoms with Gasteiger partial charge in [0.2, 0.25) is 0 Å². The Hall–Kier alpha value is -2.33. The van der Waals surface area contributed by atoms with Gasteiger partial charge >= 0.3 is 0 Å². The molecule has 0 amide bonds. The van der Waals surface area contributed by atoms with Crippen LogP contribution < -0.4 is 0 Å². The summed E-state index contributed by atoms with van der Waals surface area (Å²) in [6, 6.07) is 17.7. The third-order valence-corrected chi connectivity index (χ3v) is 4.24. The molecule has 3 aromatic rings. The standard InChI is InChI=1S/C18H16N2OS/c1-13-7-9-15(10-8-13)17(21)12-22-18-19-11-16(20-18)14-5-3-2-4-6-14/h2-11H,12H2,1H3,(H,19,20). The maximum atomic E-state index is 12.1. The molecule has 0 aliphatic carbocycles. The maximum absolute atomic E-state index is 12.1. The molecular formula is C18H16N2OS. The van der Waals surface area contributed by atoms with Crippen LogP contribution in [0.1, 0.15) is 15.9 Å². The van der Waals surface area contributed by atoms with Gasteiger partial charge in [0.1, 0.15) is 0 Å². The van der Waals surface area contributed by atoms with Gasteiger partial charge < -0.3 is 4.98 Å². The Morgan fingerprint density at radius 3 is 2.55 bits per heavy atom. The van der Waals surface area contributed by atoms with Crippen LogP contribution in [-0.2, 0) is 0 Å².